The number of piperidine rings is 1. The van der Waals surface area contributed by atoms with Crippen LogP contribution < -0.4 is 5.32 Å². The first-order valence-electron chi connectivity index (χ1n) is 7.47. The molecule has 0 aromatic carbocycles. The van der Waals surface area contributed by atoms with Gasteiger partial charge in [-0.25, -0.2) is 0 Å². The van der Waals surface area contributed by atoms with Gasteiger partial charge in [-0.05, 0) is 44.2 Å². The number of alkyl halides is 3. The molecule has 0 aliphatic carbocycles. The van der Waals surface area contributed by atoms with Crippen LogP contribution in [0.25, 0.3) is 0 Å². The molecule has 2 rings (SSSR count). The Kier molecular flexibility index (Phi) is 5.31. The van der Waals surface area contributed by atoms with Gasteiger partial charge in [0.1, 0.15) is 0 Å². The van der Waals surface area contributed by atoms with Crippen molar-refractivity contribution >= 4 is 0 Å². The molecule has 0 amide bonds. The summed E-state index contributed by atoms with van der Waals surface area (Å²) in [6.45, 7) is 5.16. The molecule has 2 aliphatic rings. The van der Waals surface area contributed by atoms with E-state index in [2.05, 4.69) is 12.2 Å². The SMILES string of the molecule is CC1(CNC2CCN(CC(F)(F)F)CC2)CCOCC1. The third kappa shape index (κ3) is 5.22. The summed E-state index contributed by atoms with van der Waals surface area (Å²) in [5.41, 5.74) is 0.279. The molecule has 0 aromatic rings. The van der Waals surface area contributed by atoms with Crippen LogP contribution in [0.5, 0.6) is 0 Å². The third-order valence-corrected chi connectivity index (χ3v) is 4.51. The predicted molar refractivity (Wildman–Crippen MR) is 71.7 cm³/mol. The van der Waals surface area contributed by atoms with Crippen LogP contribution in [-0.4, -0.2) is 56.5 Å². The lowest BCUT2D eigenvalue weighted by Gasteiger charge is -2.37. The summed E-state index contributed by atoms with van der Waals surface area (Å²) in [6.07, 6.45) is -0.332. The molecular weight excluding hydrogens is 269 g/mol. The standard InChI is InChI=1S/C14H25F3N2O/c1-13(4-8-20-9-5-13)10-18-12-2-6-19(7-3-12)11-14(15,16)17/h12,18H,2-11H2,1H3. The number of likely N-dealkylation sites (tertiary alicyclic amines) is 1. The lowest BCUT2D eigenvalue weighted by molar-refractivity contribution is -0.148. The molecule has 2 saturated heterocycles. The second kappa shape index (κ2) is 6.62. The van der Waals surface area contributed by atoms with E-state index in [1.165, 1.54) is 4.90 Å². The van der Waals surface area contributed by atoms with Gasteiger partial charge in [0.05, 0.1) is 6.54 Å². The van der Waals surface area contributed by atoms with Crippen LogP contribution in [0.4, 0.5) is 13.2 Å². The summed E-state index contributed by atoms with van der Waals surface area (Å²) in [4.78, 5) is 1.51. The number of hydrogen-bond donors (Lipinski definition) is 1. The molecule has 0 unspecified atom stereocenters. The number of rotatable bonds is 4. The molecule has 2 heterocycles. The first-order valence-corrected chi connectivity index (χ1v) is 7.47. The van der Waals surface area contributed by atoms with Crippen molar-refractivity contribution in [3.63, 3.8) is 0 Å². The Morgan fingerprint density at radius 2 is 1.80 bits per heavy atom. The molecular formula is C14H25F3N2O. The van der Waals surface area contributed by atoms with Crippen molar-refractivity contribution < 1.29 is 17.9 Å². The summed E-state index contributed by atoms with van der Waals surface area (Å²) in [5.74, 6) is 0. The van der Waals surface area contributed by atoms with Gasteiger partial charge in [0.15, 0.2) is 0 Å². The Labute approximate surface area is 118 Å². The second-order valence-corrected chi connectivity index (χ2v) is 6.47. The largest absolute Gasteiger partial charge is 0.401 e. The highest BCUT2D eigenvalue weighted by Crippen LogP contribution is 2.29. The summed E-state index contributed by atoms with van der Waals surface area (Å²) in [6, 6.07) is 0.360. The van der Waals surface area contributed by atoms with Crippen LogP contribution >= 0.6 is 0 Å². The van der Waals surface area contributed by atoms with Gasteiger partial charge in [-0.3, -0.25) is 4.90 Å². The zero-order chi connectivity index (χ0) is 14.6. The first kappa shape index (κ1) is 16.0. The Hall–Kier alpha value is -0.330. The van der Waals surface area contributed by atoms with E-state index in [1.807, 2.05) is 0 Å². The van der Waals surface area contributed by atoms with Gasteiger partial charge in [0, 0.05) is 25.8 Å². The van der Waals surface area contributed by atoms with Gasteiger partial charge < -0.3 is 10.1 Å². The van der Waals surface area contributed by atoms with Crippen LogP contribution in [0.3, 0.4) is 0 Å². The highest BCUT2D eigenvalue weighted by atomic mass is 19.4. The van der Waals surface area contributed by atoms with E-state index in [0.29, 0.717) is 19.1 Å². The predicted octanol–water partition coefficient (Wildman–Crippen LogP) is 2.42. The van der Waals surface area contributed by atoms with E-state index >= 15 is 0 Å². The molecule has 118 valence electrons. The smallest absolute Gasteiger partial charge is 0.381 e. The van der Waals surface area contributed by atoms with Gasteiger partial charge in [0.2, 0.25) is 0 Å². The van der Waals surface area contributed by atoms with Crippen LogP contribution in [0.2, 0.25) is 0 Å². The fourth-order valence-electron chi connectivity index (χ4n) is 2.98. The summed E-state index contributed by atoms with van der Waals surface area (Å²) < 4.78 is 42.3. The molecule has 1 N–H and O–H groups in total. The molecule has 3 nitrogen and oxygen atoms in total. The maximum absolute atomic E-state index is 12.3. The van der Waals surface area contributed by atoms with Gasteiger partial charge in [-0.2, -0.15) is 13.2 Å². The van der Waals surface area contributed by atoms with E-state index in [1.54, 1.807) is 0 Å². The van der Waals surface area contributed by atoms with Gasteiger partial charge in [-0.1, -0.05) is 6.92 Å². The topological polar surface area (TPSA) is 24.5 Å². The molecule has 0 bridgehead atoms. The lowest BCUT2D eigenvalue weighted by atomic mass is 9.82. The van der Waals surface area contributed by atoms with Crippen LogP contribution in [-0.2, 0) is 4.74 Å². The summed E-state index contributed by atoms with van der Waals surface area (Å²) >= 11 is 0. The van der Waals surface area contributed by atoms with Crippen LogP contribution in [0, 0.1) is 5.41 Å². The van der Waals surface area contributed by atoms with Crippen molar-refractivity contribution in [3.05, 3.63) is 0 Å². The number of nitrogens with zero attached hydrogens (tertiary/aromatic N) is 1. The molecule has 0 spiro atoms. The average Bonchev–Trinajstić information content (AvgIpc) is 2.37. The Balaban J connectivity index is 1.67. The normalized spacial score (nSPS) is 25.8. The van der Waals surface area contributed by atoms with Crippen LogP contribution in [0.1, 0.15) is 32.6 Å². The first-order chi connectivity index (χ1) is 9.36. The van der Waals surface area contributed by atoms with Crippen molar-refractivity contribution in [2.45, 2.75) is 44.8 Å². The molecule has 0 atom stereocenters. The number of ether oxygens (including phenoxy) is 1. The molecule has 0 saturated carbocycles. The fraction of sp³-hybridized carbons (Fsp3) is 1.00. The minimum Gasteiger partial charge on any atom is -0.381 e. The minimum absolute atomic E-state index is 0.279. The van der Waals surface area contributed by atoms with Crippen molar-refractivity contribution in [1.29, 1.82) is 0 Å². The zero-order valence-electron chi connectivity index (χ0n) is 12.1. The van der Waals surface area contributed by atoms with Crippen molar-refractivity contribution in [1.82, 2.24) is 10.2 Å². The number of hydrogen-bond acceptors (Lipinski definition) is 3. The highest BCUT2D eigenvalue weighted by molar-refractivity contribution is 4.84. The Bertz CT molecular complexity index is 295. The summed E-state index contributed by atoms with van der Waals surface area (Å²) in [5, 5.41) is 3.55. The molecule has 2 fully saturated rings. The van der Waals surface area contributed by atoms with Crippen molar-refractivity contribution in [3.8, 4) is 0 Å². The average molecular weight is 294 g/mol. The van der Waals surface area contributed by atoms with Crippen molar-refractivity contribution in [2.75, 3.05) is 39.4 Å². The lowest BCUT2D eigenvalue weighted by Crippen LogP contribution is -2.48. The summed E-state index contributed by atoms with van der Waals surface area (Å²) in [7, 11) is 0. The number of nitrogens with one attached hydrogen (secondary N) is 1. The second-order valence-electron chi connectivity index (χ2n) is 6.47. The van der Waals surface area contributed by atoms with E-state index in [-0.39, 0.29) is 5.41 Å². The van der Waals surface area contributed by atoms with E-state index in [9.17, 15) is 13.2 Å². The molecule has 0 radical (unpaired) electrons. The Morgan fingerprint density at radius 1 is 1.20 bits per heavy atom. The van der Waals surface area contributed by atoms with E-state index < -0.39 is 12.7 Å². The minimum atomic E-state index is -4.07. The maximum Gasteiger partial charge on any atom is 0.401 e. The Morgan fingerprint density at radius 3 is 2.35 bits per heavy atom. The van der Waals surface area contributed by atoms with Gasteiger partial charge in [0.25, 0.3) is 0 Å². The fourth-order valence-corrected chi connectivity index (χ4v) is 2.98. The van der Waals surface area contributed by atoms with Gasteiger partial charge in [-0.15, -0.1) is 0 Å². The molecule has 2 aliphatic heterocycles. The zero-order valence-corrected chi connectivity index (χ0v) is 12.1. The molecule has 0 aromatic heterocycles. The monoisotopic (exact) mass is 294 g/mol. The van der Waals surface area contributed by atoms with E-state index in [4.69, 9.17) is 4.74 Å². The maximum atomic E-state index is 12.3. The third-order valence-electron chi connectivity index (χ3n) is 4.51. The van der Waals surface area contributed by atoms with Gasteiger partial charge >= 0.3 is 6.18 Å². The van der Waals surface area contributed by atoms with Crippen LogP contribution in [0.15, 0.2) is 0 Å². The molecule has 20 heavy (non-hydrogen) atoms. The van der Waals surface area contributed by atoms with E-state index in [0.717, 1.165) is 45.4 Å². The number of halogens is 3. The highest BCUT2D eigenvalue weighted by Gasteiger charge is 2.33. The quantitative estimate of drug-likeness (QED) is 0.862. The molecule has 6 heteroatoms. The van der Waals surface area contributed by atoms with Crippen molar-refractivity contribution in [2.24, 2.45) is 5.41 Å².